The molecule has 124 valence electrons. The lowest BCUT2D eigenvalue weighted by Gasteiger charge is -2.35. The Bertz CT molecular complexity index is 559. The summed E-state index contributed by atoms with van der Waals surface area (Å²) < 4.78 is 0. The first-order valence-corrected chi connectivity index (χ1v) is 8.86. The van der Waals surface area contributed by atoms with Crippen LogP contribution in [0.3, 0.4) is 0 Å². The number of amides is 2. The smallest absolute Gasteiger partial charge is 0.253 e. The van der Waals surface area contributed by atoms with Crippen molar-refractivity contribution in [2.75, 3.05) is 26.2 Å². The average Bonchev–Trinajstić information content (AvgIpc) is 2.62. The predicted molar refractivity (Wildman–Crippen MR) is 90.5 cm³/mol. The Hall–Kier alpha value is -1.55. The van der Waals surface area contributed by atoms with Crippen molar-refractivity contribution >= 4 is 23.4 Å². The maximum absolute atomic E-state index is 12.5. The minimum Gasteiger partial charge on any atom is -0.342 e. The maximum Gasteiger partial charge on any atom is 0.253 e. The van der Waals surface area contributed by atoms with Crippen LogP contribution in [0.4, 0.5) is 0 Å². The number of benzene rings is 1. The lowest BCUT2D eigenvalue weighted by atomic mass is 9.94. The largest absolute Gasteiger partial charge is 0.342 e. The number of hydrogen-bond acceptors (Lipinski definition) is 2. The van der Waals surface area contributed by atoms with Crippen LogP contribution in [-0.4, -0.2) is 47.8 Å². The van der Waals surface area contributed by atoms with Gasteiger partial charge in [0, 0.05) is 42.7 Å². The standard InChI is InChI=1S/C18H23ClN2O2/c19-16-6-4-14(5-7-16)17(22)21-12-8-15(9-13-21)18(23)20-10-2-1-3-11-20/h4-7,15H,1-3,8-13H2. The van der Waals surface area contributed by atoms with Gasteiger partial charge in [-0.3, -0.25) is 9.59 Å². The third-order valence-electron chi connectivity index (χ3n) is 4.89. The molecule has 2 aliphatic rings. The second kappa shape index (κ2) is 7.35. The summed E-state index contributed by atoms with van der Waals surface area (Å²) in [5.74, 6) is 0.413. The zero-order chi connectivity index (χ0) is 16.2. The predicted octanol–water partition coefficient (Wildman–Crippen LogP) is 3.20. The molecule has 2 heterocycles. The van der Waals surface area contributed by atoms with Crippen LogP contribution in [0.2, 0.25) is 5.02 Å². The third kappa shape index (κ3) is 3.86. The van der Waals surface area contributed by atoms with Gasteiger partial charge in [-0.05, 0) is 56.4 Å². The maximum atomic E-state index is 12.5. The molecule has 23 heavy (non-hydrogen) atoms. The molecule has 0 bridgehead atoms. The van der Waals surface area contributed by atoms with E-state index in [1.54, 1.807) is 24.3 Å². The van der Waals surface area contributed by atoms with Gasteiger partial charge in [0.25, 0.3) is 5.91 Å². The number of nitrogens with zero attached hydrogens (tertiary/aromatic N) is 2. The van der Waals surface area contributed by atoms with E-state index < -0.39 is 0 Å². The van der Waals surface area contributed by atoms with Crippen LogP contribution in [-0.2, 0) is 4.79 Å². The fourth-order valence-electron chi connectivity index (χ4n) is 3.48. The highest BCUT2D eigenvalue weighted by Gasteiger charge is 2.30. The first-order valence-electron chi connectivity index (χ1n) is 8.49. The molecule has 0 spiro atoms. The number of carbonyl (C=O) groups is 2. The molecule has 0 aromatic heterocycles. The molecule has 4 nitrogen and oxygen atoms in total. The highest BCUT2D eigenvalue weighted by Crippen LogP contribution is 2.23. The van der Waals surface area contributed by atoms with Gasteiger partial charge in [0.05, 0.1) is 0 Å². The Morgan fingerprint density at radius 3 is 2.09 bits per heavy atom. The van der Waals surface area contributed by atoms with Gasteiger partial charge >= 0.3 is 0 Å². The lowest BCUT2D eigenvalue weighted by Crippen LogP contribution is -2.45. The molecule has 2 aliphatic heterocycles. The molecule has 1 aromatic carbocycles. The highest BCUT2D eigenvalue weighted by molar-refractivity contribution is 6.30. The summed E-state index contributed by atoms with van der Waals surface area (Å²) in [7, 11) is 0. The molecule has 0 aliphatic carbocycles. The summed E-state index contributed by atoms with van der Waals surface area (Å²) >= 11 is 5.86. The summed E-state index contributed by atoms with van der Waals surface area (Å²) in [4.78, 5) is 28.9. The molecule has 1 aromatic rings. The minimum absolute atomic E-state index is 0.0329. The van der Waals surface area contributed by atoms with Gasteiger partial charge in [0.1, 0.15) is 0 Å². The van der Waals surface area contributed by atoms with E-state index in [4.69, 9.17) is 11.6 Å². The number of likely N-dealkylation sites (tertiary alicyclic amines) is 2. The fraction of sp³-hybridized carbons (Fsp3) is 0.556. The zero-order valence-electron chi connectivity index (χ0n) is 13.3. The summed E-state index contributed by atoms with van der Waals surface area (Å²) in [5, 5.41) is 0.632. The van der Waals surface area contributed by atoms with Gasteiger partial charge in [-0.15, -0.1) is 0 Å². The number of piperidine rings is 2. The van der Waals surface area contributed by atoms with Crippen molar-refractivity contribution in [2.24, 2.45) is 5.92 Å². The third-order valence-corrected chi connectivity index (χ3v) is 5.14. The van der Waals surface area contributed by atoms with Crippen molar-refractivity contribution in [3.8, 4) is 0 Å². The number of carbonyl (C=O) groups excluding carboxylic acids is 2. The molecule has 3 rings (SSSR count). The van der Waals surface area contributed by atoms with Crippen molar-refractivity contribution < 1.29 is 9.59 Å². The summed E-state index contributed by atoms with van der Waals surface area (Å²) in [5.41, 5.74) is 0.662. The summed E-state index contributed by atoms with van der Waals surface area (Å²) in [6.45, 7) is 3.13. The van der Waals surface area contributed by atoms with Crippen LogP contribution in [0.25, 0.3) is 0 Å². The summed E-state index contributed by atoms with van der Waals surface area (Å²) in [6, 6.07) is 6.99. The Morgan fingerprint density at radius 1 is 0.870 bits per heavy atom. The Kier molecular flexibility index (Phi) is 5.21. The van der Waals surface area contributed by atoms with Crippen LogP contribution >= 0.6 is 11.6 Å². The van der Waals surface area contributed by atoms with Crippen LogP contribution in [0.15, 0.2) is 24.3 Å². The molecule has 0 atom stereocenters. The molecular weight excluding hydrogens is 312 g/mol. The SMILES string of the molecule is O=C(c1ccc(Cl)cc1)N1CCC(C(=O)N2CCCCC2)CC1. The van der Waals surface area contributed by atoms with Crippen molar-refractivity contribution in [2.45, 2.75) is 32.1 Å². The molecular formula is C18H23ClN2O2. The quantitative estimate of drug-likeness (QED) is 0.833. The molecule has 2 fully saturated rings. The second-order valence-corrected chi connectivity index (χ2v) is 6.90. The number of rotatable bonds is 2. The Balaban J connectivity index is 1.54. The normalized spacial score (nSPS) is 19.7. The van der Waals surface area contributed by atoms with Crippen LogP contribution in [0.1, 0.15) is 42.5 Å². The number of halogens is 1. The monoisotopic (exact) mass is 334 g/mol. The van der Waals surface area contributed by atoms with Crippen molar-refractivity contribution in [1.82, 2.24) is 9.80 Å². The van der Waals surface area contributed by atoms with Crippen LogP contribution in [0.5, 0.6) is 0 Å². The van der Waals surface area contributed by atoms with Crippen molar-refractivity contribution in [3.05, 3.63) is 34.9 Å². The Labute approximate surface area is 142 Å². The van der Waals surface area contributed by atoms with E-state index in [-0.39, 0.29) is 11.8 Å². The van der Waals surface area contributed by atoms with E-state index in [0.29, 0.717) is 29.6 Å². The Morgan fingerprint density at radius 2 is 1.48 bits per heavy atom. The molecule has 0 unspecified atom stereocenters. The molecule has 0 saturated carbocycles. The average molecular weight is 335 g/mol. The van der Waals surface area contributed by atoms with E-state index in [2.05, 4.69) is 0 Å². The highest BCUT2D eigenvalue weighted by atomic mass is 35.5. The van der Waals surface area contributed by atoms with E-state index in [1.165, 1.54) is 6.42 Å². The van der Waals surface area contributed by atoms with Crippen molar-refractivity contribution in [3.63, 3.8) is 0 Å². The van der Waals surface area contributed by atoms with Gasteiger partial charge in [0.2, 0.25) is 5.91 Å². The molecule has 0 radical (unpaired) electrons. The number of hydrogen-bond donors (Lipinski definition) is 0. The molecule has 0 N–H and O–H groups in total. The molecule has 5 heteroatoms. The van der Waals surface area contributed by atoms with E-state index in [1.807, 2.05) is 9.80 Å². The van der Waals surface area contributed by atoms with Crippen LogP contribution in [0, 0.1) is 5.92 Å². The molecule has 2 saturated heterocycles. The van der Waals surface area contributed by atoms with E-state index >= 15 is 0 Å². The lowest BCUT2D eigenvalue weighted by molar-refractivity contribution is -0.137. The van der Waals surface area contributed by atoms with Crippen LogP contribution < -0.4 is 0 Å². The van der Waals surface area contributed by atoms with Gasteiger partial charge < -0.3 is 9.80 Å². The van der Waals surface area contributed by atoms with Crippen molar-refractivity contribution in [1.29, 1.82) is 0 Å². The first kappa shape index (κ1) is 16.3. The molecule has 2 amide bonds. The zero-order valence-corrected chi connectivity index (χ0v) is 14.1. The van der Waals surface area contributed by atoms with Gasteiger partial charge in [-0.1, -0.05) is 11.6 Å². The fourth-order valence-corrected chi connectivity index (χ4v) is 3.60. The van der Waals surface area contributed by atoms with Gasteiger partial charge in [-0.2, -0.15) is 0 Å². The first-order chi connectivity index (χ1) is 11.1. The van der Waals surface area contributed by atoms with E-state index in [9.17, 15) is 9.59 Å². The summed E-state index contributed by atoms with van der Waals surface area (Å²) in [6.07, 6.45) is 5.03. The van der Waals surface area contributed by atoms with E-state index in [0.717, 1.165) is 38.8 Å². The topological polar surface area (TPSA) is 40.6 Å². The minimum atomic E-state index is 0.0329. The van der Waals surface area contributed by atoms with Gasteiger partial charge in [0.15, 0.2) is 0 Å². The second-order valence-electron chi connectivity index (χ2n) is 6.46. The van der Waals surface area contributed by atoms with Gasteiger partial charge in [-0.25, -0.2) is 0 Å².